The first-order valence-corrected chi connectivity index (χ1v) is 9.66. The minimum atomic E-state index is -4.60. The second-order valence-corrected chi connectivity index (χ2v) is 6.93. The smallest absolute Gasteiger partial charge is 0.422 e. The summed E-state index contributed by atoms with van der Waals surface area (Å²) in [5.41, 5.74) is 5.01. The van der Waals surface area contributed by atoms with E-state index in [1.807, 2.05) is 5.32 Å². The predicted molar refractivity (Wildman–Crippen MR) is 102 cm³/mol. The molecular formula is C18H28F6N4O5. The van der Waals surface area contributed by atoms with E-state index in [1.54, 1.807) is 33.8 Å². The first-order chi connectivity index (χ1) is 15.0. The van der Waals surface area contributed by atoms with Gasteiger partial charge in [-0.2, -0.15) is 31.6 Å². The highest BCUT2D eigenvalue weighted by molar-refractivity contribution is 5.84. The van der Waals surface area contributed by atoms with Gasteiger partial charge in [-0.25, -0.2) is 9.59 Å². The highest BCUT2D eigenvalue weighted by Crippen LogP contribution is 2.15. The van der Waals surface area contributed by atoms with Gasteiger partial charge in [0, 0.05) is 0 Å². The van der Waals surface area contributed by atoms with Crippen molar-refractivity contribution >= 4 is 18.1 Å². The number of carbonyl (C=O) groups is 3. The van der Waals surface area contributed by atoms with Gasteiger partial charge in [0.15, 0.2) is 13.2 Å². The van der Waals surface area contributed by atoms with Crippen LogP contribution in [0.2, 0.25) is 0 Å². The standard InChI is InChI=1S/C9H15F3N2O3.C9H13F3N2O2/c1-3-5(2)6(7(13)15)14-8(16)17-4-9(10,11)12;1-3-6(2)7(4-13)14-8(15)16-5-9(10,11)12/h5-6H,3-4H2,1-2H3,(H2,13,15)(H,14,16);6-7H,3,5H2,1-2H3,(H,14,15)/t5-,6-;6-,7+/m00/s1. The highest BCUT2D eigenvalue weighted by Gasteiger charge is 2.31. The van der Waals surface area contributed by atoms with Gasteiger partial charge in [0.1, 0.15) is 12.1 Å². The Balaban J connectivity index is 0. The molecule has 0 aromatic heterocycles. The van der Waals surface area contributed by atoms with Crippen LogP contribution < -0.4 is 16.4 Å². The van der Waals surface area contributed by atoms with E-state index in [9.17, 15) is 40.7 Å². The number of primary amides is 1. The maximum atomic E-state index is 11.7. The van der Waals surface area contributed by atoms with Crippen molar-refractivity contribution in [2.75, 3.05) is 13.2 Å². The first-order valence-electron chi connectivity index (χ1n) is 9.66. The number of hydrogen-bond donors (Lipinski definition) is 3. The summed E-state index contributed by atoms with van der Waals surface area (Å²) in [6, 6.07) is -0.0953. The molecule has 15 heteroatoms. The molecule has 0 aliphatic heterocycles. The highest BCUT2D eigenvalue weighted by atomic mass is 19.4. The molecule has 0 spiro atoms. The summed E-state index contributed by atoms with van der Waals surface area (Å²) in [6.45, 7) is 3.54. The Hall–Kier alpha value is -2.92. The van der Waals surface area contributed by atoms with E-state index in [0.29, 0.717) is 12.8 Å². The van der Waals surface area contributed by atoms with Crippen LogP contribution in [0.3, 0.4) is 0 Å². The van der Waals surface area contributed by atoms with Crippen LogP contribution in [0.15, 0.2) is 0 Å². The topological polar surface area (TPSA) is 144 Å². The summed E-state index contributed by atoms with van der Waals surface area (Å²) < 4.78 is 78.1. The van der Waals surface area contributed by atoms with Crippen LogP contribution in [0.25, 0.3) is 0 Å². The fourth-order valence-corrected chi connectivity index (χ4v) is 1.90. The number of nitrogens with one attached hydrogen (secondary N) is 2. The Morgan fingerprint density at radius 1 is 0.879 bits per heavy atom. The number of halogens is 6. The van der Waals surface area contributed by atoms with Gasteiger partial charge in [0.2, 0.25) is 5.91 Å². The van der Waals surface area contributed by atoms with Gasteiger partial charge in [-0.3, -0.25) is 4.79 Å². The van der Waals surface area contributed by atoms with Crippen LogP contribution in [0.5, 0.6) is 0 Å². The zero-order valence-electron chi connectivity index (χ0n) is 18.5. The average Bonchev–Trinajstić information content (AvgIpc) is 2.70. The lowest BCUT2D eigenvalue weighted by Crippen LogP contribution is -2.48. The van der Waals surface area contributed by atoms with Crippen LogP contribution in [-0.4, -0.2) is 55.7 Å². The Labute approximate surface area is 186 Å². The van der Waals surface area contributed by atoms with Gasteiger partial charge in [-0.05, 0) is 11.8 Å². The van der Waals surface area contributed by atoms with Crippen LogP contribution in [0, 0.1) is 23.2 Å². The van der Waals surface area contributed by atoms with Gasteiger partial charge in [0.25, 0.3) is 0 Å². The molecule has 0 saturated heterocycles. The minimum Gasteiger partial charge on any atom is -0.440 e. The SMILES string of the molecule is CC[C@H](C)[C@@H](C#N)NC(=O)OCC(F)(F)F.CC[C@H](C)[C@H](NC(=O)OCC(F)(F)F)C(N)=O. The number of carbonyl (C=O) groups excluding carboxylic acids is 3. The molecule has 0 aliphatic rings. The van der Waals surface area contributed by atoms with Crippen molar-refractivity contribution in [2.24, 2.45) is 17.6 Å². The molecule has 0 aliphatic carbocycles. The largest absolute Gasteiger partial charge is 0.440 e. The van der Waals surface area contributed by atoms with Gasteiger partial charge >= 0.3 is 24.5 Å². The quantitative estimate of drug-likeness (QED) is 0.419. The average molecular weight is 494 g/mol. The van der Waals surface area contributed by atoms with Crippen molar-refractivity contribution in [3.63, 3.8) is 0 Å². The molecule has 0 unspecified atom stereocenters. The van der Waals surface area contributed by atoms with Crippen molar-refractivity contribution in [3.8, 4) is 6.07 Å². The number of alkyl halides is 6. The second kappa shape index (κ2) is 15.0. The molecule has 33 heavy (non-hydrogen) atoms. The van der Waals surface area contributed by atoms with Gasteiger partial charge < -0.3 is 25.8 Å². The number of rotatable bonds is 9. The van der Waals surface area contributed by atoms with Crippen molar-refractivity contribution in [1.29, 1.82) is 5.26 Å². The summed E-state index contributed by atoms with van der Waals surface area (Å²) >= 11 is 0. The molecule has 0 fully saturated rings. The zero-order chi connectivity index (χ0) is 26.4. The number of hydrogen-bond acceptors (Lipinski definition) is 6. The Kier molecular flexibility index (Phi) is 14.7. The van der Waals surface area contributed by atoms with E-state index in [4.69, 9.17) is 11.0 Å². The third-order valence-electron chi connectivity index (χ3n) is 4.15. The normalized spacial score (nSPS) is 14.8. The third kappa shape index (κ3) is 17.3. The maximum Gasteiger partial charge on any atom is 0.422 e. The molecular weight excluding hydrogens is 466 g/mol. The van der Waals surface area contributed by atoms with Gasteiger partial charge in [-0.1, -0.05) is 40.5 Å². The summed E-state index contributed by atoms with van der Waals surface area (Å²) in [7, 11) is 0. The van der Waals surface area contributed by atoms with E-state index in [-0.39, 0.29) is 11.8 Å². The van der Waals surface area contributed by atoms with E-state index in [2.05, 4.69) is 14.8 Å². The number of nitriles is 1. The van der Waals surface area contributed by atoms with Crippen LogP contribution >= 0.6 is 0 Å². The molecule has 0 heterocycles. The fraction of sp³-hybridized carbons (Fsp3) is 0.778. The first kappa shape index (κ1) is 32.3. The molecule has 9 nitrogen and oxygen atoms in total. The number of amides is 3. The van der Waals surface area contributed by atoms with E-state index in [1.165, 1.54) is 0 Å². The van der Waals surface area contributed by atoms with Crippen LogP contribution in [-0.2, 0) is 14.3 Å². The molecule has 0 aromatic rings. The van der Waals surface area contributed by atoms with E-state index in [0.717, 1.165) is 0 Å². The Morgan fingerprint density at radius 2 is 1.27 bits per heavy atom. The number of alkyl carbamates (subject to hydrolysis) is 2. The number of ether oxygens (including phenoxy) is 2. The molecule has 0 saturated carbocycles. The van der Waals surface area contributed by atoms with Crippen molar-refractivity contribution in [3.05, 3.63) is 0 Å². The monoisotopic (exact) mass is 494 g/mol. The molecule has 0 rings (SSSR count). The molecule has 0 aromatic carbocycles. The summed E-state index contributed by atoms with van der Waals surface area (Å²) in [5, 5.41) is 12.7. The molecule has 192 valence electrons. The second-order valence-electron chi connectivity index (χ2n) is 6.93. The predicted octanol–water partition coefficient (Wildman–Crippen LogP) is 3.39. The lowest BCUT2D eigenvalue weighted by Gasteiger charge is -2.20. The Bertz CT molecular complexity index is 666. The summed E-state index contributed by atoms with van der Waals surface area (Å²) in [4.78, 5) is 32.8. The zero-order valence-corrected chi connectivity index (χ0v) is 18.5. The molecule has 3 amide bonds. The van der Waals surface area contributed by atoms with Crippen molar-refractivity contribution in [1.82, 2.24) is 10.6 Å². The van der Waals surface area contributed by atoms with Gasteiger partial charge in [0.05, 0.1) is 6.07 Å². The van der Waals surface area contributed by atoms with E-state index >= 15 is 0 Å². The van der Waals surface area contributed by atoms with E-state index < -0.39 is 55.7 Å². The molecule has 4 N–H and O–H groups in total. The fourth-order valence-electron chi connectivity index (χ4n) is 1.90. The lowest BCUT2D eigenvalue weighted by atomic mass is 9.99. The molecule has 0 radical (unpaired) electrons. The number of nitrogens with two attached hydrogens (primary N) is 1. The van der Waals surface area contributed by atoms with Crippen molar-refractivity contribution < 1.29 is 50.2 Å². The minimum absolute atomic E-state index is 0.150. The summed E-state index contributed by atoms with van der Waals surface area (Å²) in [5.74, 6) is -1.25. The maximum absolute atomic E-state index is 11.7. The van der Waals surface area contributed by atoms with Gasteiger partial charge in [-0.15, -0.1) is 0 Å². The van der Waals surface area contributed by atoms with Crippen LogP contribution in [0.1, 0.15) is 40.5 Å². The third-order valence-corrected chi connectivity index (χ3v) is 4.15. The number of nitrogens with zero attached hydrogens (tertiary/aromatic N) is 1. The lowest BCUT2D eigenvalue weighted by molar-refractivity contribution is -0.160. The van der Waals surface area contributed by atoms with Crippen LogP contribution in [0.4, 0.5) is 35.9 Å². The summed E-state index contributed by atoms with van der Waals surface area (Å²) in [6.07, 6.45) is -10.5. The molecule has 0 bridgehead atoms. The Morgan fingerprint density at radius 3 is 1.58 bits per heavy atom. The molecule has 4 atom stereocenters. The van der Waals surface area contributed by atoms with Crippen molar-refractivity contribution in [2.45, 2.75) is 65.0 Å².